The highest BCUT2D eigenvalue weighted by molar-refractivity contribution is 6.34. The number of nitrogens with zero attached hydrogens (tertiary/aromatic N) is 2. The number of halogens is 1. The van der Waals surface area contributed by atoms with Crippen LogP contribution in [0.5, 0.6) is 0 Å². The molecule has 0 aliphatic heterocycles. The van der Waals surface area contributed by atoms with Crippen molar-refractivity contribution in [2.24, 2.45) is 0 Å². The molecule has 2 aromatic carbocycles. The lowest BCUT2D eigenvalue weighted by molar-refractivity contribution is -0.116. The van der Waals surface area contributed by atoms with Crippen molar-refractivity contribution in [3.8, 4) is 0 Å². The molecule has 0 fully saturated rings. The number of anilines is 2. The number of aryl methyl sites for hydroxylation is 1. The minimum absolute atomic E-state index is 0.0193. The van der Waals surface area contributed by atoms with Gasteiger partial charge in [0.15, 0.2) is 0 Å². The molecule has 0 aliphatic rings. The van der Waals surface area contributed by atoms with Crippen LogP contribution in [-0.4, -0.2) is 33.3 Å². The van der Waals surface area contributed by atoms with Crippen molar-refractivity contribution in [3.05, 3.63) is 77.3 Å². The Kier molecular flexibility index (Phi) is 7.62. The van der Waals surface area contributed by atoms with Crippen LogP contribution in [0.3, 0.4) is 0 Å². The first-order valence-corrected chi connectivity index (χ1v) is 10.5. The van der Waals surface area contributed by atoms with E-state index in [9.17, 15) is 14.4 Å². The summed E-state index contributed by atoms with van der Waals surface area (Å²) in [5.41, 5.74) is 1.55. The maximum absolute atomic E-state index is 12.8. The quantitative estimate of drug-likeness (QED) is 0.480. The zero-order valence-corrected chi connectivity index (χ0v) is 18.5. The van der Waals surface area contributed by atoms with Crippen LogP contribution in [0.1, 0.15) is 41.0 Å². The fraction of sp³-hybridized carbons (Fsp3) is 0.217. The number of aromatic nitrogens is 2. The molecule has 0 radical (unpaired) electrons. The van der Waals surface area contributed by atoms with Crippen molar-refractivity contribution in [2.75, 3.05) is 10.6 Å². The molecular formula is C23H24ClN5O3. The summed E-state index contributed by atoms with van der Waals surface area (Å²) in [5, 5.41) is 8.62. The summed E-state index contributed by atoms with van der Waals surface area (Å²) in [7, 11) is 0. The Morgan fingerprint density at radius 2 is 1.81 bits per heavy atom. The Morgan fingerprint density at radius 3 is 2.53 bits per heavy atom. The van der Waals surface area contributed by atoms with Crippen molar-refractivity contribution >= 4 is 40.7 Å². The van der Waals surface area contributed by atoms with Crippen molar-refractivity contribution in [1.29, 1.82) is 0 Å². The molecule has 0 unspecified atom stereocenters. The van der Waals surface area contributed by atoms with Gasteiger partial charge in [-0.3, -0.25) is 14.4 Å². The number of nitrogens with one attached hydrogen (secondary N) is 3. The van der Waals surface area contributed by atoms with Gasteiger partial charge in [0.1, 0.15) is 0 Å². The molecule has 166 valence electrons. The van der Waals surface area contributed by atoms with Crippen LogP contribution in [0.4, 0.5) is 11.4 Å². The van der Waals surface area contributed by atoms with E-state index in [2.05, 4.69) is 20.9 Å². The van der Waals surface area contributed by atoms with Gasteiger partial charge in [-0.15, -0.1) is 0 Å². The Morgan fingerprint density at radius 1 is 1.03 bits per heavy atom. The van der Waals surface area contributed by atoms with Gasteiger partial charge in [-0.05, 0) is 50.2 Å². The van der Waals surface area contributed by atoms with Gasteiger partial charge in [-0.2, -0.15) is 0 Å². The summed E-state index contributed by atoms with van der Waals surface area (Å²) in [5.74, 6) is -0.849. The second kappa shape index (κ2) is 10.6. The SMILES string of the molecule is CC(C)NC(=O)c1ccc(Cl)c(NC(=O)c2cccc(NC(=O)CCn3ccnc3)c2)c1. The summed E-state index contributed by atoms with van der Waals surface area (Å²) in [6.45, 7) is 4.23. The van der Waals surface area contributed by atoms with E-state index in [0.717, 1.165) is 0 Å². The number of imidazole rings is 1. The highest BCUT2D eigenvalue weighted by atomic mass is 35.5. The molecule has 1 aromatic heterocycles. The second-order valence-corrected chi connectivity index (χ2v) is 7.86. The lowest BCUT2D eigenvalue weighted by Gasteiger charge is -2.12. The van der Waals surface area contributed by atoms with Crippen LogP contribution >= 0.6 is 11.6 Å². The summed E-state index contributed by atoms with van der Waals surface area (Å²) in [6.07, 6.45) is 5.35. The van der Waals surface area contributed by atoms with Crippen LogP contribution in [0.2, 0.25) is 5.02 Å². The summed E-state index contributed by atoms with van der Waals surface area (Å²) in [6, 6.07) is 11.2. The molecule has 1 heterocycles. The van der Waals surface area contributed by atoms with Gasteiger partial charge >= 0.3 is 0 Å². The monoisotopic (exact) mass is 453 g/mol. The first-order chi connectivity index (χ1) is 15.3. The maximum Gasteiger partial charge on any atom is 0.255 e. The maximum atomic E-state index is 12.8. The van der Waals surface area contributed by atoms with Crippen LogP contribution in [0.15, 0.2) is 61.2 Å². The number of hydrogen-bond donors (Lipinski definition) is 3. The predicted octanol–water partition coefficient (Wildman–Crippen LogP) is 3.96. The molecule has 3 rings (SSSR count). The molecular weight excluding hydrogens is 430 g/mol. The summed E-state index contributed by atoms with van der Waals surface area (Å²) < 4.78 is 1.81. The molecule has 3 aromatic rings. The first kappa shape index (κ1) is 23.0. The van der Waals surface area contributed by atoms with Crippen molar-refractivity contribution in [3.63, 3.8) is 0 Å². The fourth-order valence-corrected chi connectivity index (χ4v) is 3.08. The Labute approximate surface area is 191 Å². The second-order valence-electron chi connectivity index (χ2n) is 7.46. The highest BCUT2D eigenvalue weighted by Crippen LogP contribution is 2.24. The van der Waals surface area contributed by atoms with Crippen LogP contribution in [-0.2, 0) is 11.3 Å². The Balaban J connectivity index is 1.65. The zero-order chi connectivity index (χ0) is 23.1. The van der Waals surface area contributed by atoms with Crippen LogP contribution in [0, 0.1) is 0 Å². The smallest absolute Gasteiger partial charge is 0.255 e. The molecule has 0 saturated heterocycles. The van der Waals surface area contributed by atoms with E-state index in [4.69, 9.17) is 11.6 Å². The van der Waals surface area contributed by atoms with Gasteiger partial charge in [0.25, 0.3) is 11.8 Å². The number of carbonyl (C=O) groups is 3. The molecule has 0 spiro atoms. The molecule has 9 heteroatoms. The first-order valence-electron chi connectivity index (χ1n) is 10.1. The molecule has 32 heavy (non-hydrogen) atoms. The normalized spacial score (nSPS) is 10.6. The number of benzene rings is 2. The van der Waals surface area contributed by atoms with Gasteiger partial charge in [-0.25, -0.2) is 4.98 Å². The van der Waals surface area contributed by atoms with E-state index in [-0.39, 0.29) is 24.3 Å². The van der Waals surface area contributed by atoms with E-state index >= 15 is 0 Å². The summed E-state index contributed by atoms with van der Waals surface area (Å²) >= 11 is 6.21. The van der Waals surface area contributed by atoms with E-state index in [1.54, 1.807) is 55.1 Å². The van der Waals surface area contributed by atoms with Crippen molar-refractivity contribution in [1.82, 2.24) is 14.9 Å². The van der Waals surface area contributed by atoms with Gasteiger partial charge in [0.2, 0.25) is 5.91 Å². The highest BCUT2D eigenvalue weighted by Gasteiger charge is 2.14. The minimum Gasteiger partial charge on any atom is -0.350 e. The molecule has 0 atom stereocenters. The molecule has 3 N–H and O–H groups in total. The van der Waals surface area contributed by atoms with Crippen molar-refractivity contribution in [2.45, 2.75) is 32.9 Å². The topological polar surface area (TPSA) is 105 Å². The molecule has 8 nitrogen and oxygen atoms in total. The Hall–Kier alpha value is -3.65. The summed E-state index contributed by atoms with van der Waals surface area (Å²) in [4.78, 5) is 41.1. The fourth-order valence-electron chi connectivity index (χ4n) is 2.91. The largest absolute Gasteiger partial charge is 0.350 e. The van der Waals surface area contributed by atoms with Crippen LogP contribution in [0.25, 0.3) is 0 Å². The van der Waals surface area contributed by atoms with Gasteiger partial charge < -0.3 is 20.5 Å². The third-order valence-corrected chi connectivity index (χ3v) is 4.79. The average Bonchev–Trinajstić information content (AvgIpc) is 3.27. The predicted molar refractivity (Wildman–Crippen MR) is 124 cm³/mol. The van der Waals surface area contributed by atoms with Crippen molar-refractivity contribution < 1.29 is 14.4 Å². The number of carbonyl (C=O) groups excluding carboxylic acids is 3. The van der Waals surface area contributed by atoms with E-state index in [0.29, 0.717) is 34.1 Å². The molecule has 0 bridgehead atoms. The van der Waals surface area contributed by atoms with Gasteiger partial charge in [0.05, 0.1) is 17.0 Å². The number of rotatable bonds is 8. The number of amides is 3. The van der Waals surface area contributed by atoms with Crippen LogP contribution < -0.4 is 16.0 Å². The van der Waals surface area contributed by atoms with E-state index in [1.165, 1.54) is 6.07 Å². The third kappa shape index (κ3) is 6.42. The lowest BCUT2D eigenvalue weighted by Crippen LogP contribution is -2.30. The van der Waals surface area contributed by atoms with E-state index < -0.39 is 5.91 Å². The molecule has 0 aliphatic carbocycles. The minimum atomic E-state index is -0.414. The third-order valence-electron chi connectivity index (χ3n) is 4.46. The number of hydrogen-bond acceptors (Lipinski definition) is 4. The lowest BCUT2D eigenvalue weighted by atomic mass is 10.1. The standard InChI is InChI=1S/C23H24ClN5O3/c1-15(2)26-22(31)17-6-7-19(24)20(13-17)28-23(32)16-4-3-5-18(12-16)27-21(30)8-10-29-11-9-25-14-29/h3-7,9,11-15H,8,10H2,1-2H3,(H,26,31)(H,27,30)(H,28,32). The van der Waals surface area contributed by atoms with E-state index in [1.807, 2.05) is 18.4 Å². The van der Waals surface area contributed by atoms with Gasteiger partial charge in [0, 0.05) is 48.2 Å². The van der Waals surface area contributed by atoms with Gasteiger partial charge in [-0.1, -0.05) is 17.7 Å². The molecule has 3 amide bonds. The Bertz CT molecular complexity index is 1110. The average molecular weight is 454 g/mol. The molecule has 0 saturated carbocycles. The zero-order valence-electron chi connectivity index (χ0n) is 17.8.